The molecule has 0 fully saturated rings. The molecule has 3 heteroatoms. The van der Waals surface area contributed by atoms with Gasteiger partial charge < -0.3 is 0 Å². The van der Waals surface area contributed by atoms with E-state index >= 15 is 0 Å². The van der Waals surface area contributed by atoms with Gasteiger partial charge in [0, 0.05) is 10.8 Å². The summed E-state index contributed by atoms with van der Waals surface area (Å²) in [5, 5.41) is 0. The van der Waals surface area contributed by atoms with Gasteiger partial charge in [-0.2, -0.15) is 0 Å². The number of hydrogen-bond acceptors (Lipinski definition) is 2. The Hall–Kier alpha value is -0.440. The van der Waals surface area contributed by atoms with Gasteiger partial charge in [0.25, 0.3) is 0 Å². The van der Waals surface area contributed by atoms with Crippen LogP contribution in [0.4, 0.5) is 0 Å². The zero-order chi connectivity index (χ0) is 12.7. The first kappa shape index (κ1) is 13.6. The number of halogens is 1. The second-order valence-electron chi connectivity index (χ2n) is 6.30. The minimum atomic E-state index is 0.0208. The van der Waals surface area contributed by atoms with E-state index in [0.29, 0.717) is 0 Å². The van der Waals surface area contributed by atoms with E-state index in [0.717, 1.165) is 21.7 Å². The van der Waals surface area contributed by atoms with Gasteiger partial charge in [0.05, 0.1) is 17.1 Å². The first-order valence-electron chi connectivity index (χ1n) is 5.58. The van der Waals surface area contributed by atoms with Gasteiger partial charge in [-0.15, -0.1) is 0 Å². The number of nitrogens with zero attached hydrogens (tertiary/aromatic N) is 2. The van der Waals surface area contributed by atoms with Crippen LogP contribution in [0.25, 0.3) is 0 Å². The fourth-order valence-electron chi connectivity index (χ4n) is 1.69. The third-order valence-electron chi connectivity index (χ3n) is 2.45. The number of aryl methyl sites for hydroxylation is 1. The number of aromatic nitrogens is 2. The molecule has 2 nitrogen and oxygen atoms in total. The summed E-state index contributed by atoms with van der Waals surface area (Å²) in [6.45, 7) is 15.0. The van der Waals surface area contributed by atoms with Gasteiger partial charge in [-0.1, -0.05) is 41.5 Å². The summed E-state index contributed by atoms with van der Waals surface area (Å²) in [5.41, 5.74) is 3.18. The first-order valence-corrected chi connectivity index (χ1v) is 6.38. The fourth-order valence-corrected chi connectivity index (χ4v) is 2.55. The van der Waals surface area contributed by atoms with E-state index in [9.17, 15) is 0 Å². The molecule has 16 heavy (non-hydrogen) atoms. The van der Waals surface area contributed by atoms with E-state index in [1.54, 1.807) is 0 Å². The maximum absolute atomic E-state index is 4.70. The second kappa shape index (κ2) is 4.10. The Bertz CT molecular complexity index is 358. The van der Waals surface area contributed by atoms with Crippen LogP contribution in [0.5, 0.6) is 0 Å². The van der Waals surface area contributed by atoms with Crippen LogP contribution < -0.4 is 0 Å². The van der Waals surface area contributed by atoms with E-state index in [2.05, 4.69) is 62.5 Å². The van der Waals surface area contributed by atoms with Crippen molar-refractivity contribution in [3.8, 4) is 0 Å². The molecular formula is C13H21BrN2. The molecule has 0 aliphatic carbocycles. The Morgan fingerprint density at radius 2 is 1.25 bits per heavy atom. The van der Waals surface area contributed by atoms with Crippen LogP contribution in [0.1, 0.15) is 58.6 Å². The second-order valence-corrected chi connectivity index (χ2v) is 7.05. The van der Waals surface area contributed by atoms with E-state index in [-0.39, 0.29) is 10.8 Å². The van der Waals surface area contributed by atoms with Crippen LogP contribution in [0.2, 0.25) is 0 Å². The summed E-state index contributed by atoms with van der Waals surface area (Å²) >= 11 is 3.54. The molecule has 0 aromatic carbocycles. The zero-order valence-corrected chi connectivity index (χ0v) is 12.9. The third-order valence-corrected chi connectivity index (χ3v) is 3.00. The van der Waals surface area contributed by atoms with Gasteiger partial charge in [0.15, 0.2) is 0 Å². The monoisotopic (exact) mass is 284 g/mol. The Labute approximate surface area is 107 Å². The normalized spacial score (nSPS) is 13.0. The molecule has 0 aliphatic rings. The summed E-state index contributed by atoms with van der Waals surface area (Å²) in [7, 11) is 0. The van der Waals surface area contributed by atoms with Crippen molar-refractivity contribution >= 4 is 15.9 Å². The van der Waals surface area contributed by atoms with Crippen LogP contribution in [-0.2, 0) is 10.8 Å². The standard InChI is InChI=1S/C13H21BrN2/c1-8-9(12(2,3)4)16-11(14)10(15-8)13(5,6)7/h1-7H3. The Balaban J connectivity index is 3.40. The molecule has 1 aromatic rings. The van der Waals surface area contributed by atoms with Gasteiger partial charge in [0.2, 0.25) is 0 Å². The fraction of sp³-hybridized carbons (Fsp3) is 0.692. The molecule has 0 bridgehead atoms. The van der Waals surface area contributed by atoms with Crippen LogP contribution >= 0.6 is 15.9 Å². The van der Waals surface area contributed by atoms with Crippen molar-refractivity contribution in [1.82, 2.24) is 9.97 Å². The molecular weight excluding hydrogens is 264 g/mol. The van der Waals surface area contributed by atoms with Crippen LogP contribution in [0, 0.1) is 6.92 Å². The van der Waals surface area contributed by atoms with E-state index in [4.69, 9.17) is 4.98 Å². The maximum atomic E-state index is 4.70. The van der Waals surface area contributed by atoms with Gasteiger partial charge >= 0.3 is 0 Å². The molecule has 0 aliphatic heterocycles. The molecule has 0 atom stereocenters. The first-order chi connectivity index (χ1) is 7.03. The molecule has 0 N–H and O–H groups in total. The molecule has 0 saturated carbocycles. The van der Waals surface area contributed by atoms with E-state index in [1.807, 2.05) is 6.92 Å². The van der Waals surface area contributed by atoms with Crippen molar-refractivity contribution in [2.75, 3.05) is 0 Å². The number of rotatable bonds is 0. The molecule has 1 aromatic heterocycles. The Morgan fingerprint density at radius 1 is 0.812 bits per heavy atom. The van der Waals surface area contributed by atoms with Crippen molar-refractivity contribution in [2.45, 2.75) is 59.3 Å². The molecule has 0 amide bonds. The maximum Gasteiger partial charge on any atom is 0.128 e. The Kier molecular flexibility index (Phi) is 3.49. The molecule has 1 heterocycles. The van der Waals surface area contributed by atoms with Gasteiger partial charge in [-0.25, -0.2) is 4.98 Å². The average Bonchev–Trinajstić information content (AvgIpc) is 2.04. The summed E-state index contributed by atoms with van der Waals surface area (Å²) < 4.78 is 0.871. The molecule has 0 spiro atoms. The predicted octanol–water partition coefficient (Wildman–Crippen LogP) is 4.14. The van der Waals surface area contributed by atoms with Crippen molar-refractivity contribution in [3.63, 3.8) is 0 Å². The highest BCUT2D eigenvalue weighted by Crippen LogP contribution is 2.30. The summed E-state index contributed by atoms with van der Waals surface area (Å²) in [4.78, 5) is 9.37. The van der Waals surface area contributed by atoms with Gasteiger partial charge in [-0.3, -0.25) is 4.98 Å². The van der Waals surface area contributed by atoms with Gasteiger partial charge in [0.1, 0.15) is 4.60 Å². The molecule has 1 rings (SSSR count). The minimum Gasteiger partial charge on any atom is -0.253 e. The summed E-state index contributed by atoms with van der Waals surface area (Å²) in [6.07, 6.45) is 0. The highest BCUT2D eigenvalue weighted by Gasteiger charge is 2.25. The summed E-state index contributed by atoms with van der Waals surface area (Å²) in [6, 6.07) is 0. The molecule has 0 saturated heterocycles. The molecule has 90 valence electrons. The van der Waals surface area contributed by atoms with E-state index in [1.165, 1.54) is 0 Å². The van der Waals surface area contributed by atoms with Crippen molar-refractivity contribution in [3.05, 3.63) is 21.7 Å². The minimum absolute atomic E-state index is 0.0208. The SMILES string of the molecule is Cc1nc(C(C)(C)C)c(Br)nc1C(C)(C)C. The van der Waals surface area contributed by atoms with Crippen LogP contribution in [0.3, 0.4) is 0 Å². The zero-order valence-electron chi connectivity index (χ0n) is 11.3. The third kappa shape index (κ3) is 2.82. The van der Waals surface area contributed by atoms with Crippen LogP contribution in [-0.4, -0.2) is 9.97 Å². The van der Waals surface area contributed by atoms with Crippen LogP contribution in [0.15, 0.2) is 4.60 Å². The number of hydrogen-bond donors (Lipinski definition) is 0. The topological polar surface area (TPSA) is 25.8 Å². The molecule has 0 unspecified atom stereocenters. The lowest BCUT2D eigenvalue weighted by molar-refractivity contribution is 0.528. The lowest BCUT2D eigenvalue weighted by Gasteiger charge is -2.24. The van der Waals surface area contributed by atoms with Crippen molar-refractivity contribution < 1.29 is 0 Å². The van der Waals surface area contributed by atoms with E-state index < -0.39 is 0 Å². The highest BCUT2D eigenvalue weighted by atomic mass is 79.9. The lowest BCUT2D eigenvalue weighted by atomic mass is 9.88. The summed E-state index contributed by atoms with van der Waals surface area (Å²) in [5.74, 6) is 0. The lowest BCUT2D eigenvalue weighted by Crippen LogP contribution is -2.22. The quantitative estimate of drug-likeness (QED) is 0.716. The molecule has 0 radical (unpaired) electrons. The Morgan fingerprint density at radius 3 is 1.62 bits per heavy atom. The van der Waals surface area contributed by atoms with Crippen molar-refractivity contribution in [1.29, 1.82) is 0 Å². The predicted molar refractivity (Wildman–Crippen MR) is 71.9 cm³/mol. The van der Waals surface area contributed by atoms with Gasteiger partial charge in [-0.05, 0) is 22.9 Å². The highest BCUT2D eigenvalue weighted by molar-refractivity contribution is 9.10. The average molecular weight is 285 g/mol. The largest absolute Gasteiger partial charge is 0.253 e. The van der Waals surface area contributed by atoms with Crippen molar-refractivity contribution in [2.24, 2.45) is 0 Å². The smallest absolute Gasteiger partial charge is 0.128 e.